The van der Waals surface area contributed by atoms with Crippen LogP contribution >= 0.6 is 0 Å². The Morgan fingerprint density at radius 3 is 2.58 bits per heavy atom. The first-order valence-corrected chi connectivity index (χ1v) is 6.47. The van der Waals surface area contributed by atoms with Crippen LogP contribution in [0.3, 0.4) is 0 Å². The predicted octanol–water partition coefficient (Wildman–Crippen LogP) is 2.90. The van der Waals surface area contributed by atoms with Gasteiger partial charge < -0.3 is 4.74 Å². The summed E-state index contributed by atoms with van der Waals surface area (Å²) in [5.41, 5.74) is -1.40. The van der Waals surface area contributed by atoms with Gasteiger partial charge in [-0.2, -0.15) is 8.78 Å². The second kappa shape index (κ2) is 3.95. The molecule has 1 aliphatic carbocycles. The SMILES string of the molecule is COC[C@@]12C[C@H](C=C(F)F)CN1CC1(CC1(F)F)C2. The third-order valence-corrected chi connectivity index (χ3v) is 4.91. The van der Waals surface area contributed by atoms with Crippen LogP contribution in [-0.2, 0) is 4.74 Å². The van der Waals surface area contributed by atoms with Gasteiger partial charge in [0.15, 0.2) is 0 Å². The highest BCUT2D eigenvalue weighted by Gasteiger charge is 2.77. The molecule has 2 nitrogen and oxygen atoms in total. The van der Waals surface area contributed by atoms with Gasteiger partial charge in [0, 0.05) is 32.2 Å². The van der Waals surface area contributed by atoms with Crippen molar-refractivity contribution in [2.75, 3.05) is 26.8 Å². The third kappa shape index (κ3) is 1.91. The quantitative estimate of drug-likeness (QED) is 0.737. The minimum absolute atomic E-state index is 0.0695. The van der Waals surface area contributed by atoms with E-state index in [1.165, 1.54) is 7.11 Å². The van der Waals surface area contributed by atoms with Crippen LogP contribution in [0.4, 0.5) is 17.6 Å². The normalized spacial score (nSPS) is 43.5. The number of halogens is 4. The van der Waals surface area contributed by atoms with Crippen LogP contribution in [0.1, 0.15) is 19.3 Å². The number of rotatable bonds is 3. The molecular weight excluding hydrogens is 262 g/mol. The molecule has 3 atom stereocenters. The molecule has 2 heterocycles. The largest absolute Gasteiger partial charge is 0.383 e. The molecule has 0 N–H and O–H groups in total. The highest BCUT2D eigenvalue weighted by molar-refractivity contribution is 5.23. The van der Waals surface area contributed by atoms with E-state index >= 15 is 0 Å². The number of hydrogen-bond donors (Lipinski definition) is 0. The Labute approximate surface area is 109 Å². The summed E-state index contributed by atoms with van der Waals surface area (Å²) in [6.45, 7) is 1.07. The Balaban J connectivity index is 1.80. The lowest BCUT2D eigenvalue weighted by Gasteiger charge is -2.30. The lowest BCUT2D eigenvalue weighted by Crippen LogP contribution is -2.42. The van der Waals surface area contributed by atoms with E-state index < -0.39 is 23.0 Å². The highest BCUT2D eigenvalue weighted by atomic mass is 19.3. The maximum atomic E-state index is 13.5. The predicted molar refractivity (Wildman–Crippen MR) is 61.2 cm³/mol. The highest BCUT2D eigenvalue weighted by Crippen LogP contribution is 2.69. The van der Waals surface area contributed by atoms with Gasteiger partial charge in [0.05, 0.1) is 12.0 Å². The smallest absolute Gasteiger partial charge is 0.266 e. The van der Waals surface area contributed by atoms with E-state index in [4.69, 9.17) is 4.74 Å². The van der Waals surface area contributed by atoms with Crippen LogP contribution in [0.25, 0.3) is 0 Å². The fourth-order valence-electron chi connectivity index (χ4n) is 4.13. The van der Waals surface area contributed by atoms with Crippen molar-refractivity contribution in [2.45, 2.75) is 30.7 Å². The molecule has 0 bridgehead atoms. The summed E-state index contributed by atoms with van der Waals surface area (Å²) in [6, 6.07) is 0. The van der Waals surface area contributed by atoms with Gasteiger partial charge in [-0.25, -0.2) is 8.78 Å². The third-order valence-electron chi connectivity index (χ3n) is 4.91. The Kier molecular flexibility index (Phi) is 2.78. The molecule has 3 fully saturated rings. The molecule has 1 unspecified atom stereocenters. The molecule has 0 aromatic heterocycles. The van der Waals surface area contributed by atoms with Gasteiger partial charge in [0.1, 0.15) is 0 Å². The zero-order valence-electron chi connectivity index (χ0n) is 10.8. The molecule has 3 rings (SSSR count). The number of alkyl halides is 2. The van der Waals surface area contributed by atoms with Crippen LogP contribution in [0, 0.1) is 11.3 Å². The molecule has 6 heteroatoms. The van der Waals surface area contributed by atoms with E-state index in [-0.39, 0.29) is 12.3 Å². The maximum Gasteiger partial charge on any atom is 0.266 e. The standard InChI is InChI=1S/C13H17F4NO/c1-19-8-12-3-9(2-10(14)15)4-18(12)7-11(5-12)6-13(11,16)17/h2,9H,3-8H2,1H3/t9-,11?,12-/m0/s1. The van der Waals surface area contributed by atoms with Crippen molar-refractivity contribution in [3.63, 3.8) is 0 Å². The van der Waals surface area contributed by atoms with E-state index in [1.807, 2.05) is 4.90 Å². The first-order chi connectivity index (χ1) is 8.82. The molecule has 2 saturated heterocycles. The number of hydrogen-bond acceptors (Lipinski definition) is 2. The molecule has 19 heavy (non-hydrogen) atoms. The first kappa shape index (κ1) is 13.4. The van der Waals surface area contributed by atoms with Gasteiger partial charge in [-0.15, -0.1) is 0 Å². The van der Waals surface area contributed by atoms with Crippen LogP contribution in [-0.4, -0.2) is 43.2 Å². The topological polar surface area (TPSA) is 12.5 Å². The molecule has 0 radical (unpaired) electrons. The molecule has 0 amide bonds. The minimum atomic E-state index is -2.59. The first-order valence-electron chi connectivity index (χ1n) is 6.47. The van der Waals surface area contributed by atoms with Crippen LogP contribution in [0.2, 0.25) is 0 Å². The fraction of sp³-hybridized carbons (Fsp3) is 0.846. The Bertz CT molecular complexity index is 423. The number of nitrogens with zero attached hydrogens (tertiary/aromatic N) is 1. The average Bonchev–Trinajstić information content (AvgIpc) is 2.49. The van der Waals surface area contributed by atoms with Crippen molar-refractivity contribution in [1.29, 1.82) is 0 Å². The van der Waals surface area contributed by atoms with Gasteiger partial charge >= 0.3 is 0 Å². The zero-order chi connectivity index (χ0) is 13.9. The summed E-state index contributed by atoms with van der Waals surface area (Å²) in [5.74, 6) is -2.85. The summed E-state index contributed by atoms with van der Waals surface area (Å²) in [7, 11) is 1.53. The van der Waals surface area contributed by atoms with E-state index in [0.29, 0.717) is 32.5 Å². The summed E-state index contributed by atoms with van der Waals surface area (Å²) >= 11 is 0. The van der Waals surface area contributed by atoms with Gasteiger partial charge in [-0.3, -0.25) is 4.90 Å². The number of ether oxygens (including phenoxy) is 1. The molecule has 1 spiro atoms. The lowest BCUT2D eigenvalue weighted by molar-refractivity contribution is 0.0576. The molecule has 3 aliphatic rings. The molecule has 0 aromatic carbocycles. The second-order valence-electron chi connectivity index (χ2n) is 6.30. The van der Waals surface area contributed by atoms with Gasteiger partial charge in [-0.05, 0) is 24.8 Å². The Morgan fingerprint density at radius 1 is 1.37 bits per heavy atom. The maximum absolute atomic E-state index is 13.5. The van der Waals surface area contributed by atoms with Crippen LogP contribution < -0.4 is 0 Å². The van der Waals surface area contributed by atoms with Gasteiger partial charge in [0.2, 0.25) is 0 Å². The minimum Gasteiger partial charge on any atom is -0.383 e. The van der Waals surface area contributed by atoms with Crippen molar-refractivity contribution in [3.05, 3.63) is 12.2 Å². The zero-order valence-corrected chi connectivity index (χ0v) is 10.8. The van der Waals surface area contributed by atoms with Crippen molar-refractivity contribution in [2.24, 2.45) is 11.3 Å². The van der Waals surface area contributed by atoms with Gasteiger partial charge in [0.25, 0.3) is 12.0 Å². The Hall–Kier alpha value is -0.620. The van der Waals surface area contributed by atoms with E-state index in [2.05, 4.69) is 0 Å². The summed E-state index contributed by atoms with van der Waals surface area (Å²) in [6.07, 6.45) is 0.0351. The van der Waals surface area contributed by atoms with E-state index in [1.54, 1.807) is 0 Å². The van der Waals surface area contributed by atoms with Crippen molar-refractivity contribution >= 4 is 0 Å². The number of methoxy groups -OCH3 is 1. The second-order valence-corrected chi connectivity index (χ2v) is 6.30. The monoisotopic (exact) mass is 279 g/mol. The molecular formula is C13H17F4NO. The van der Waals surface area contributed by atoms with E-state index in [9.17, 15) is 17.6 Å². The van der Waals surface area contributed by atoms with Crippen molar-refractivity contribution < 1.29 is 22.3 Å². The molecule has 1 saturated carbocycles. The van der Waals surface area contributed by atoms with Crippen molar-refractivity contribution in [3.8, 4) is 0 Å². The molecule has 2 aliphatic heterocycles. The average molecular weight is 279 g/mol. The molecule has 0 aromatic rings. The Morgan fingerprint density at radius 2 is 2.05 bits per heavy atom. The van der Waals surface area contributed by atoms with E-state index in [0.717, 1.165) is 6.08 Å². The van der Waals surface area contributed by atoms with Crippen LogP contribution in [0.15, 0.2) is 12.2 Å². The lowest BCUT2D eigenvalue weighted by atomic mass is 9.86. The fourth-order valence-corrected chi connectivity index (χ4v) is 4.13. The summed E-state index contributed by atoms with van der Waals surface area (Å²) in [5, 5.41) is 0. The number of fused-ring (bicyclic) bond motifs is 1. The summed E-state index contributed by atoms with van der Waals surface area (Å²) in [4.78, 5) is 1.95. The van der Waals surface area contributed by atoms with Crippen molar-refractivity contribution in [1.82, 2.24) is 4.90 Å². The molecule has 108 valence electrons. The summed E-state index contributed by atoms with van der Waals surface area (Å²) < 4.78 is 56.9. The van der Waals surface area contributed by atoms with Gasteiger partial charge in [-0.1, -0.05) is 0 Å². The van der Waals surface area contributed by atoms with Crippen LogP contribution in [0.5, 0.6) is 0 Å².